The van der Waals surface area contributed by atoms with Crippen LogP contribution in [0.5, 0.6) is 5.75 Å². The largest absolute Gasteiger partial charge is 0.495 e. The van der Waals surface area contributed by atoms with Crippen LogP contribution in [0, 0.1) is 0 Å². The molecule has 4 rings (SSSR count). The van der Waals surface area contributed by atoms with Crippen LogP contribution >= 0.6 is 0 Å². The number of carbonyl (C=O) groups is 1. The van der Waals surface area contributed by atoms with Gasteiger partial charge < -0.3 is 22.5 Å². The molecule has 0 N–H and O–H groups in total. The second-order valence-electron chi connectivity index (χ2n) is 7.92. The Labute approximate surface area is 184 Å². The first kappa shape index (κ1) is 22.6. The summed E-state index contributed by atoms with van der Waals surface area (Å²) < 4.78 is 31.8. The molecule has 1 heterocycles. The summed E-state index contributed by atoms with van der Waals surface area (Å²) in [6, 6.07) is 13.8. The molecule has 164 valence electrons. The number of fused-ring (bicyclic) bond motifs is 1. The first-order valence-corrected chi connectivity index (χ1v) is 11.1. The van der Waals surface area contributed by atoms with Gasteiger partial charge in [0.2, 0.25) is 0 Å². The van der Waals surface area contributed by atoms with Crippen molar-refractivity contribution in [2.24, 2.45) is 4.36 Å². The lowest BCUT2D eigenvalue weighted by Gasteiger charge is -2.23. The molecule has 0 spiro atoms. The van der Waals surface area contributed by atoms with E-state index in [1.807, 2.05) is 0 Å². The summed E-state index contributed by atoms with van der Waals surface area (Å²) in [5, 5.41) is 0. The Bertz CT molecular complexity index is 1140. The number of ether oxygens (including phenoxy) is 2. The van der Waals surface area contributed by atoms with E-state index < -0.39 is 22.2 Å². The van der Waals surface area contributed by atoms with Crippen molar-refractivity contribution in [3.05, 3.63) is 66.1 Å². The Balaban J connectivity index is 0.000000381. The predicted octanol–water partition coefficient (Wildman–Crippen LogP) is 5.85. The molecule has 0 saturated carbocycles. The normalized spacial score (nSPS) is 12.5. The Kier molecular flexibility index (Phi) is 6.85. The van der Waals surface area contributed by atoms with Gasteiger partial charge in [0.25, 0.3) is 0 Å². The van der Waals surface area contributed by atoms with E-state index in [2.05, 4.69) is 28.6 Å². The molecule has 31 heavy (non-hydrogen) atoms. The average Bonchev–Trinajstić information content (AvgIpc) is 3.11. The molecule has 0 amide bonds. The molecule has 0 bridgehead atoms. The van der Waals surface area contributed by atoms with E-state index in [-0.39, 0.29) is 11.3 Å². The zero-order valence-corrected chi connectivity index (χ0v) is 19.1. The van der Waals surface area contributed by atoms with Crippen LogP contribution in [0.25, 0.3) is 22.3 Å². The number of hydrogen-bond donors (Lipinski definition) is 0. The summed E-state index contributed by atoms with van der Waals surface area (Å²) in [5.41, 5.74) is 4.47. The first-order valence-electron chi connectivity index (χ1n) is 9.78. The Hall–Kier alpha value is -3.06. The molecule has 0 radical (unpaired) electrons. The van der Waals surface area contributed by atoms with Crippen LogP contribution in [0.1, 0.15) is 36.7 Å². The third-order valence-corrected chi connectivity index (χ3v) is 5.44. The van der Waals surface area contributed by atoms with Gasteiger partial charge in [-0.1, -0.05) is 36.1 Å². The average molecular weight is 441 g/mol. The number of rotatable bonds is 5. The van der Waals surface area contributed by atoms with E-state index >= 15 is 0 Å². The smallest absolute Gasteiger partial charge is 0.342 e. The summed E-state index contributed by atoms with van der Waals surface area (Å²) in [5.74, 6) is -0.0633. The van der Waals surface area contributed by atoms with Crippen LogP contribution < -0.4 is 4.74 Å². The molecule has 6 nitrogen and oxygen atoms in total. The number of furan rings is 1. The van der Waals surface area contributed by atoms with Crippen molar-refractivity contribution in [3.8, 4) is 28.0 Å². The van der Waals surface area contributed by atoms with Gasteiger partial charge in [-0.25, -0.2) is 4.79 Å². The second kappa shape index (κ2) is 9.39. The summed E-state index contributed by atoms with van der Waals surface area (Å²) in [6.45, 7) is 5.36. The van der Waals surface area contributed by atoms with Gasteiger partial charge in [0, 0.05) is 18.2 Å². The molecule has 7 heteroatoms. The lowest BCUT2D eigenvalue weighted by molar-refractivity contribution is 0.00657. The number of esters is 1. The van der Waals surface area contributed by atoms with Crippen LogP contribution in [0.3, 0.4) is 0 Å². The van der Waals surface area contributed by atoms with Gasteiger partial charge in [0.05, 0.1) is 19.6 Å². The van der Waals surface area contributed by atoms with Gasteiger partial charge in [0.1, 0.15) is 16.9 Å². The maximum Gasteiger partial charge on any atom is 0.342 e. The number of nitrogens with zero attached hydrogens (tertiary/aromatic N) is 1. The van der Waals surface area contributed by atoms with E-state index in [4.69, 9.17) is 13.9 Å². The molecule has 0 aliphatic heterocycles. The molecule has 0 fully saturated rings. The summed E-state index contributed by atoms with van der Waals surface area (Å²) in [7, 11) is 1.52. The van der Waals surface area contributed by atoms with Crippen molar-refractivity contribution in [1.29, 1.82) is 0 Å². The highest BCUT2D eigenvalue weighted by molar-refractivity contribution is 7.73. The molecule has 2 aromatic rings. The lowest BCUT2D eigenvalue weighted by Crippen LogP contribution is -2.25. The SMILES string of the molecule is CN=[S-](=O)Cc1ccc(-c2ccoc2)c(OC)c1C(=O)OC(C)(C)C.c1cc2cc-2c1. The fourth-order valence-corrected chi connectivity index (χ4v) is 3.66. The maximum atomic E-state index is 12.8. The fraction of sp³-hybridized carbons (Fsp3) is 0.292. The van der Waals surface area contributed by atoms with Crippen molar-refractivity contribution in [1.82, 2.24) is 0 Å². The highest BCUT2D eigenvalue weighted by Crippen LogP contribution is 2.37. The zero-order chi connectivity index (χ0) is 22.6. The molecular formula is C24H26NO5S-. The standard InChI is InChI=1S/C18H22NO5S.C6H4/c1-18(2,3)24-17(20)15-13(11-25(21)19-4)6-7-14(16(15)22-5)12-8-9-23-10-12;1-2-5-4-6(5)3-1/h6-10H,11H2,1-5H3;1-4H/q-1;. The van der Waals surface area contributed by atoms with Crippen molar-refractivity contribution in [2.45, 2.75) is 32.1 Å². The maximum absolute atomic E-state index is 12.8. The minimum Gasteiger partial charge on any atom is -0.495 e. The van der Waals surface area contributed by atoms with E-state index in [1.165, 1.54) is 25.3 Å². The van der Waals surface area contributed by atoms with Gasteiger partial charge in [-0.3, -0.25) is 0 Å². The molecule has 0 atom stereocenters. The van der Waals surface area contributed by atoms with Gasteiger partial charge in [-0.2, -0.15) is 10.6 Å². The molecular weight excluding hydrogens is 414 g/mol. The van der Waals surface area contributed by atoms with Gasteiger partial charge in [0.15, 0.2) is 0 Å². The topological polar surface area (TPSA) is 78.1 Å². The van der Waals surface area contributed by atoms with E-state index in [0.29, 0.717) is 16.9 Å². The third kappa shape index (κ3) is 5.76. The highest BCUT2D eigenvalue weighted by Gasteiger charge is 2.26. The number of benzene rings is 2. The van der Waals surface area contributed by atoms with Crippen molar-refractivity contribution >= 4 is 16.6 Å². The number of methoxy groups -OCH3 is 1. The van der Waals surface area contributed by atoms with Gasteiger partial charge in [-0.15, -0.1) is 0 Å². The Morgan fingerprint density at radius 3 is 2.26 bits per heavy atom. The highest BCUT2D eigenvalue weighted by atomic mass is 32.2. The molecule has 1 aromatic carbocycles. The van der Waals surface area contributed by atoms with Crippen LogP contribution in [-0.2, 0) is 25.3 Å². The van der Waals surface area contributed by atoms with Crippen LogP contribution in [0.15, 0.2) is 63.8 Å². The number of hydrogen-bond acceptors (Lipinski definition) is 7. The third-order valence-electron chi connectivity index (χ3n) is 4.48. The summed E-state index contributed by atoms with van der Waals surface area (Å²) in [4.78, 5) is 12.8. The van der Waals surface area contributed by atoms with Crippen molar-refractivity contribution in [3.63, 3.8) is 0 Å². The molecule has 2 aliphatic rings. The predicted molar refractivity (Wildman–Crippen MR) is 121 cm³/mol. The van der Waals surface area contributed by atoms with Crippen LogP contribution in [-0.4, -0.2) is 25.7 Å². The van der Waals surface area contributed by atoms with Crippen molar-refractivity contribution < 1.29 is 22.9 Å². The molecule has 0 saturated heterocycles. The molecule has 2 aliphatic carbocycles. The first-order chi connectivity index (χ1) is 14.7. The molecule has 1 aromatic heterocycles. The zero-order valence-electron chi connectivity index (χ0n) is 18.3. The Morgan fingerprint density at radius 1 is 1.10 bits per heavy atom. The Morgan fingerprint density at radius 2 is 1.81 bits per heavy atom. The van der Waals surface area contributed by atoms with E-state index in [1.54, 1.807) is 51.5 Å². The van der Waals surface area contributed by atoms with Crippen LogP contribution in [0.2, 0.25) is 0 Å². The fourth-order valence-electron chi connectivity index (χ4n) is 3.03. The lowest BCUT2D eigenvalue weighted by atomic mass is 9.99. The van der Waals surface area contributed by atoms with E-state index in [9.17, 15) is 9.00 Å². The van der Waals surface area contributed by atoms with Gasteiger partial charge in [-0.05, 0) is 49.6 Å². The van der Waals surface area contributed by atoms with E-state index in [0.717, 1.165) is 5.56 Å². The molecule has 0 unspecified atom stereocenters. The monoisotopic (exact) mass is 440 g/mol. The minimum absolute atomic E-state index is 0.104. The minimum atomic E-state index is -1.44. The van der Waals surface area contributed by atoms with Crippen LogP contribution in [0.4, 0.5) is 0 Å². The van der Waals surface area contributed by atoms with Crippen molar-refractivity contribution in [2.75, 3.05) is 14.2 Å². The van der Waals surface area contributed by atoms with Gasteiger partial charge >= 0.3 is 5.97 Å². The number of carbonyl (C=O) groups excluding carboxylic acids is 1. The summed E-state index contributed by atoms with van der Waals surface area (Å²) in [6.07, 6.45) is 3.11. The summed E-state index contributed by atoms with van der Waals surface area (Å²) >= 11 is 0. The quantitative estimate of drug-likeness (QED) is 0.287. The second-order valence-corrected chi connectivity index (χ2v) is 9.22.